The highest BCUT2D eigenvalue weighted by Crippen LogP contribution is 2.34. The zero-order valence-electron chi connectivity index (χ0n) is 22.7. The highest BCUT2D eigenvalue weighted by Gasteiger charge is 2.33. The summed E-state index contributed by atoms with van der Waals surface area (Å²) >= 11 is 1.21. The molecule has 1 N–H and O–H groups in total. The van der Waals surface area contributed by atoms with E-state index in [0.717, 1.165) is 16.8 Å². The van der Waals surface area contributed by atoms with E-state index >= 15 is 0 Å². The number of aromatic nitrogens is 3. The molecule has 0 bridgehead atoms. The molecular weight excluding hydrogens is 569 g/mol. The van der Waals surface area contributed by atoms with Crippen molar-refractivity contribution in [3.63, 3.8) is 0 Å². The molecule has 1 aliphatic heterocycles. The Morgan fingerprint density at radius 3 is 2.57 bits per heavy atom. The Hall–Kier alpha value is -4.65. The van der Waals surface area contributed by atoms with Crippen molar-refractivity contribution in [2.24, 2.45) is 4.99 Å². The van der Waals surface area contributed by atoms with Crippen molar-refractivity contribution in [2.75, 3.05) is 16.0 Å². The lowest BCUT2D eigenvalue weighted by molar-refractivity contribution is -0.274. The molecule has 42 heavy (non-hydrogen) atoms. The second-order valence-corrected chi connectivity index (χ2v) is 10.6. The standard InChI is InChI=1S/C29H25F3N6O3S/c1-17(2)23-12-7-18(3)13-24(23)38-25(39)15-42-28(38)35-27(40)34-20-10-8-19(9-11-20)26-33-16-37(36-26)21-5-4-6-22(14-21)41-29(30,31)32/h4-14,16-17H,15H2,1-3H3,(H,34,40)/b35-28-. The van der Waals surface area contributed by atoms with Crippen LogP contribution in [0.5, 0.6) is 5.75 Å². The van der Waals surface area contributed by atoms with E-state index in [9.17, 15) is 22.8 Å². The second-order valence-electron chi connectivity index (χ2n) is 9.69. The van der Waals surface area contributed by atoms with E-state index in [2.05, 4.69) is 25.1 Å². The third kappa shape index (κ3) is 6.62. The molecule has 3 aromatic carbocycles. The van der Waals surface area contributed by atoms with Crippen LogP contribution < -0.4 is 15.0 Å². The van der Waals surface area contributed by atoms with E-state index < -0.39 is 12.4 Å². The molecule has 0 aliphatic carbocycles. The number of amides is 3. The van der Waals surface area contributed by atoms with Gasteiger partial charge in [-0.3, -0.25) is 9.69 Å². The maximum atomic E-state index is 12.8. The number of benzene rings is 3. The summed E-state index contributed by atoms with van der Waals surface area (Å²) in [5.74, 6) is 0.164. The van der Waals surface area contributed by atoms with Gasteiger partial charge in [0.05, 0.1) is 17.1 Å². The molecule has 216 valence electrons. The van der Waals surface area contributed by atoms with Crippen molar-refractivity contribution in [1.82, 2.24) is 14.8 Å². The average Bonchev–Trinajstić information content (AvgIpc) is 3.55. The van der Waals surface area contributed by atoms with Crippen molar-refractivity contribution in [3.8, 4) is 22.8 Å². The second kappa shape index (κ2) is 11.7. The van der Waals surface area contributed by atoms with Gasteiger partial charge in [-0.1, -0.05) is 43.8 Å². The van der Waals surface area contributed by atoms with Gasteiger partial charge in [0.2, 0.25) is 5.91 Å². The van der Waals surface area contributed by atoms with Crippen LogP contribution in [-0.2, 0) is 4.79 Å². The van der Waals surface area contributed by atoms with Gasteiger partial charge < -0.3 is 10.1 Å². The summed E-state index contributed by atoms with van der Waals surface area (Å²) in [6.45, 7) is 6.03. The van der Waals surface area contributed by atoms with Crippen molar-refractivity contribution in [3.05, 3.63) is 84.2 Å². The van der Waals surface area contributed by atoms with Crippen molar-refractivity contribution >= 4 is 40.2 Å². The zero-order valence-corrected chi connectivity index (χ0v) is 23.5. The van der Waals surface area contributed by atoms with Crippen molar-refractivity contribution in [1.29, 1.82) is 0 Å². The van der Waals surface area contributed by atoms with Crippen LogP contribution in [0, 0.1) is 6.92 Å². The van der Waals surface area contributed by atoms with Gasteiger partial charge in [-0.15, -0.1) is 18.3 Å². The summed E-state index contributed by atoms with van der Waals surface area (Å²) in [4.78, 5) is 35.5. The quantitative estimate of drug-likeness (QED) is 0.260. The SMILES string of the molecule is Cc1ccc(C(C)C)c(N2C(=O)CS/C2=N\C(=O)Nc2ccc(-c3ncn(-c4cccc(OC(F)(F)F)c4)n3)cc2)c1. The van der Waals surface area contributed by atoms with Crippen LogP contribution in [0.3, 0.4) is 0 Å². The Kier molecular flexibility index (Phi) is 8.03. The molecule has 2 heterocycles. The fourth-order valence-corrected chi connectivity index (χ4v) is 5.16. The van der Waals surface area contributed by atoms with E-state index in [1.54, 1.807) is 30.3 Å². The van der Waals surface area contributed by atoms with Crippen LogP contribution >= 0.6 is 11.8 Å². The zero-order chi connectivity index (χ0) is 30.0. The Morgan fingerprint density at radius 2 is 1.86 bits per heavy atom. The number of carbonyl (C=O) groups is 2. The summed E-state index contributed by atoms with van der Waals surface area (Å²) in [6.07, 6.45) is -3.43. The lowest BCUT2D eigenvalue weighted by Crippen LogP contribution is -2.31. The first kappa shape index (κ1) is 28.9. The first-order valence-electron chi connectivity index (χ1n) is 12.8. The minimum absolute atomic E-state index is 0.144. The topological polar surface area (TPSA) is 102 Å². The third-order valence-corrected chi connectivity index (χ3v) is 7.14. The number of urea groups is 1. The smallest absolute Gasteiger partial charge is 0.406 e. The Morgan fingerprint density at radius 1 is 1.10 bits per heavy atom. The Bertz CT molecular complexity index is 1670. The van der Waals surface area contributed by atoms with E-state index in [0.29, 0.717) is 27.9 Å². The first-order valence-corrected chi connectivity index (χ1v) is 13.8. The number of carbonyl (C=O) groups excluding carboxylic acids is 2. The molecule has 1 fully saturated rings. The van der Waals surface area contributed by atoms with E-state index in [1.165, 1.54) is 45.9 Å². The molecule has 3 amide bonds. The molecule has 0 radical (unpaired) electrons. The van der Waals surface area contributed by atoms with E-state index in [1.807, 2.05) is 39.0 Å². The van der Waals surface area contributed by atoms with Crippen LogP contribution in [0.15, 0.2) is 78.0 Å². The van der Waals surface area contributed by atoms with Crippen LogP contribution in [0.1, 0.15) is 30.9 Å². The predicted octanol–water partition coefficient (Wildman–Crippen LogP) is 6.93. The molecule has 13 heteroatoms. The number of halogens is 3. The van der Waals surface area contributed by atoms with Gasteiger partial charge in [-0.2, -0.15) is 4.99 Å². The van der Waals surface area contributed by atoms with Gasteiger partial charge in [0.15, 0.2) is 11.0 Å². The van der Waals surface area contributed by atoms with Gasteiger partial charge in [-0.05, 0) is 66.4 Å². The highest BCUT2D eigenvalue weighted by atomic mass is 32.2. The number of nitrogens with zero attached hydrogens (tertiary/aromatic N) is 5. The summed E-state index contributed by atoms with van der Waals surface area (Å²) in [5.41, 5.74) is 4.11. The number of rotatable bonds is 6. The monoisotopic (exact) mass is 594 g/mol. The molecular formula is C29H25F3N6O3S. The molecule has 9 nitrogen and oxygen atoms in total. The number of aryl methyl sites for hydroxylation is 1. The molecule has 5 rings (SSSR count). The number of hydrogen-bond donors (Lipinski definition) is 1. The Labute approximate surface area is 243 Å². The number of hydrogen-bond acceptors (Lipinski definition) is 6. The van der Waals surface area contributed by atoms with E-state index in [-0.39, 0.29) is 23.3 Å². The molecule has 1 aliphatic rings. The lowest BCUT2D eigenvalue weighted by atomic mass is 9.99. The summed E-state index contributed by atoms with van der Waals surface area (Å²) in [7, 11) is 0. The molecule has 4 aromatic rings. The maximum absolute atomic E-state index is 12.8. The van der Waals surface area contributed by atoms with Crippen LogP contribution in [0.25, 0.3) is 17.1 Å². The van der Waals surface area contributed by atoms with Gasteiger partial charge >= 0.3 is 12.4 Å². The van der Waals surface area contributed by atoms with Gasteiger partial charge in [0.25, 0.3) is 0 Å². The van der Waals surface area contributed by atoms with Crippen LogP contribution in [0.2, 0.25) is 0 Å². The minimum atomic E-state index is -4.81. The van der Waals surface area contributed by atoms with Crippen molar-refractivity contribution < 1.29 is 27.5 Å². The number of aliphatic imine (C=N–C) groups is 1. The fraction of sp³-hybridized carbons (Fsp3) is 0.207. The van der Waals surface area contributed by atoms with Crippen LogP contribution in [-0.4, -0.2) is 44.0 Å². The molecule has 0 spiro atoms. The van der Waals surface area contributed by atoms with Gasteiger partial charge in [0, 0.05) is 17.3 Å². The van der Waals surface area contributed by atoms with Gasteiger partial charge in [0.1, 0.15) is 12.1 Å². The first-order chi connectivity index (χ1) is 20.0. The number of anilines is 2. The average molecular weight is 595 g/mol. The fourth-order valence-electron chi connectivity index (χ4n) is 4.30. The number of ether oxygens (including phenoxy) is 1. The molecule has 0 unspecified atom stereocenters. The van der Waals surface area contributed by atoms with Gasteiger partial charge in [-0.25, -0.2) is 14.5 Å². The number of amidine groups is 1. The van der Waals surface area contributed by atoms with E-state index in [4.69, 9.17) is 0 Å². The normalized spacial score (nSPS) is 14.6. The third-order valence-electron chi connectivity index (χ3n) is 6.21. The summed E-state index contributed by atoms with van der Waals surface area (Å²) in [5, 5.41) is 7.35. The lowest BCUT2D eigenvalue weighted by Gasteiger charge is -2.22. The predicted molar refractivity (Wildman–Crippen MR) is 155 cm³/mol. The Balaban J connectivity index is 1.29. The molecule has 0 saturated carbocycles. The highest BCUT2D eigenvalue weighted by molar-refractivity contribution is 8.15. The molecule has 1 aromatic heterocycles. The molecule has 1 saturated heterocycles. The number of alkyl halides is 3. The van der Waals surface area contributed by atoms with Crippen molar-refractivity contribution in [2.45, 2.75) is 33.1 Å². The number of nitrogens with one attached hydrogen (secondary N) is 1. The summed E-state index contributed by atoms with van der Waals surface area (Å²) in [6, 6.07) is 17.3. The summed E-state index contributed by atoms with van der Waals surface area (Å²) < 4.78 is 43.0. The van der Waals surface area contributed by atoms with Crippen LogP contribution in [0.4, 0.5) is 29.3 Å². The minimum Gasteiger partial charge on any atom is -0.406 e. The molecule has 0 atom stereocenters. The largest absolute Gasteiger partial charge is 0.573 e. The number of thioether (sulfide) groups is 1. The maximum Gasteiger partial charge on any atom is 0.573 e.